The Morgan fingerprint density at radius 3 is 2.55 bits per heavy atom. The van der Waals surface area contributed by atoms with Crippen LogP contribution in [0.15, 0.2) is 24.3 Å². The molecule has 1 N–H and O–H groups in total. The molecule has 0 radical (unpaired) electrons. The summed E-state index contributed by atoms with van der Waals surface area (Å²) >= 11 is 0. The van der Waals surface area contributed by atoms with E-state index in [-0.39, 0.29) is 18.2 Å². The van der Waals surface area contributed by atoms with Crippen molar-refractivity contribution >= 4 is 12.4 Å². The highest BCUT2D eigenvalue weighted by atomic mass is 35.5. The molecule has 11 heavy (non-hydrogen) atoms. The van der Waals surface area contributed by atoms with Crippen LogP contribution >= 0.6 is 12.4 Å². The van der Waals surface area contributed by atoms with E-state index in [2.05, 4.69) is 5.32 Å². The molecule has 0 unspecified atom stereocenters. The maximum absolute atomic E-state index is 12.7. The predicted octanol–water partition coefficient (Wildman–Crippen LogP) is 1.97. The molecule has 62 valence electrons. The van der Waals surface area contributed by atoms with Gasteiger partial charge in [0.25, 0.3) is 0 Å². The minimum Gasteiger partial charge on any atom is -0.316 e. The van der Waals surface area contributed by atoms with E-state index >= 15 is 0 Å². The number of benzene rings is 1. The number of nitrogens with one attached hydrogen (secondary N) is 1. The van der Waals surface area contributed by atoms with Crippen molar-refractivity contribution in [3.05, 3.63) is 35.6 Å². The van der Waals surface area contributed by atoms with Crippen LogP contribution < -0.4 is 5.32 Å². The first-order valence-electron chi connectivity index (χ1n) is 3.22. The molecule has 0 saturated carbocycles. The lowest BCUT2D eigenvalue weighted by molar-refractivity contribution is 0.601. The second-order valence-electron chi connectivity index (χ2n) is 2.12. The lowest BCUT2D eigenvalue weighted by Gasteiger charge is -1.99. The van der Waals surface area contributed by atoms with E-state index in [0.717, 1.165) is 0 Å². The molecule has 0 bridgehead atoms. The van der Waals surface area contributed by atoms with Gasteiger partial charge in [0.05, 0.1) is 0 Å². The maximum Gasteiger partial charge on any atom is 0.127 e. The van der Waals surface area contributed by atoms with E-state index in [1.54, 1.807) is 19.2 Å². The Labute approximate surface area is 72.0 Å². The predicted molar refractivity (Wildman–Crippen MR) is 46.4 cm³/mol. The topological polar surface area (TPSA) is 12.0 Å². The molecule has 1 nitrogen and oxygen atoms in total. The highest BCUT2D eigenvalue weighted by Crippen LogP contribution is 2.04. The van der Waals surface area contributed by atoms with E-state index in [1.165, 1.54) is 6.07 Å². The van der Waals surface area contributed by atoms with Gasteiger partial charge in [-0.2, -0.15) is 0 Å². The van der Waals surface area contributed by atoms with Gasteiger partial charge in [0, 0.05) is 12.1 Å². The average Bonchev–Trinajstić information content (AvgIpc) is 1.94. The van der Waals surface area contributed by atoms with Crippen molar-refractivity contribution in [3.63, 3.8) is 0 Å². The first kappa shape index (κ1) is 10.4. The smallest absolute Gasteiger partial charge is 0.127 e. The molecule has 0 spiro atoms. The van der Waals surface area contributed by atoms with Crippen molar-refractivity contribution in [2.24, 2.45) is 0 Å². The molecular weight excluding hydrogens is 165 g/mol. The van der Waals surface area contributed by atoms with Crippen molar-refractivity contribution in [2.45, 2.75) is 6.54 Å². The molecule has 1 aromatic rings. The Balaban J connectivity index is 0.000001000. The summed E-state index contributed by atoms with van der Waals surface area (Å²) < 4.78 is 12.7. The molecular formula is C8H11ClFN. The third-order valence-corrected chi connectivity index (χ3v) is 1.33. The van der Waals surface area contributed by atoms with Crippen LogP contribution in [0.2, 0.25) is 0 Å². The molecule has 0 heterocycles. The van der Waals surface area contributed by atoms with E-state index in [0.29, 0.717) is 12.1 Å². The molecule has 1 aromatic carbocycles. The van der Waals surface area contributed by atoms with Crippen LogP contribution in [0, 0.1) is 5.82 Å². The molecule has 0 aliphatic carbocycles. The summed E-state index contributed by atoms with van der Waals surface area (Å²) in [4.78, 5) is 0. The quantitative estimate of drug-likeness (QED) is 0.725. The number of hydrogen-bond acceptors (Lipinski definition) is 1. The fourth-order valence-electron chi connectivity index (χ4n) is 0.832. The molecule has 0 aromatic heterocycles. The zero-order chi connectivity index (χ0) is 7.40. The van der Waals surface area contributed by atoms with Gasteiger partial charge in [-0.05, 0) is 13.1 Å². The van der Waals surface area contributed by atoms with E-state index < -0.39 is 0 Å². The largest absolute Gasteiger partial charge is 0.316 e. The summed E-state index contributed by atoms with van der Waals surface area (Å²) in [6.07, 6.45) is 0. The summed E-state index contributed by atoms with van der Waals surface area (Å²) in [6.45, 7) is 0.590. The molecule has 0 atom stereocenters. The van der Waals surface area contributed by atoms with Gasteiger partial charge >= 0.3 is 0 Å². The molecule has 3 heteroatoms. The van der Waals surface area contributed by atoms with Crippen LogP contribution in [0.1, 0.15) is 5.56 Å². The van der Waals surface area contributed by atoms with Gasteiger partial charge in [0.15, 0.2) is 0 Å². The number of rotatable bonds is 2. The third-order valence-electron chi connectivity index (χ3n) is 1.33. The number of hydrogen-bond donors (Lipinski definition) is 1. The van der Waals surface area contributed by atoms with Gasteiger partial charge < -0.3 is 5.32 Å². The second-order valence-corrected chi connectivity index (χ2v) is 2.12. The third kappa shape index (κ3) is 2.87. The first-order valence-corrected chi connectivity index (χ1v) is 3.22. The SMILES string of the molecule is CNCc1ccccc1F.Cl. The monoisotopic (exact) mass is 175 g/mol. The molecule has 0 amide bonds. The standard InChI is InChI=1S/C8H10FN.ClH/c1-10-6-7-4-2-3-5-8(7)9;/h2-5,10H,6H2,1H3;1H. The molecule has 0 aliphatic rings. The van der Waals surface area contributed by atoms with E-state index in [4.69, 9.17) is 0 Å². The Morgan fingerprint density at radius 1 is 1.36 bits per heavy atom. The van der Waals surface area contributed by atoms with Crippen LogP contribution in [0.25, 0.3) is 0 Å². The first-order chi connectivity index (χ1) is 4.84. The zero-order valence-corrected chi connectivity index (χ0v) is 7.12. The molecule has 1 rings (SSSR count). The lowest BCUT2D eigenvalue weighted by Crippen LogP contribution is -2.06. The van der Waals surface area contributed by atoms with E-state index in [9.17, 15) is 4.39 Å². The molecule has 0 saturated heterocycles. The fourth-order valence-corrected chi connectivity index (χ4v) is 0.832. The summed E-state index contributed by atoms with van der Waals surface area (Å²) in [5.41, 5.74) is 0.713. The average molecular weight is 176 g/mol. The summed E-state index contributed by atoms with van der Waals surface area (Å²) in [7, 11) is 1.80. The van der Waals surface area contributed by atoms with Gasteiger partial charge in [-0.1, -0.05) is 18.2 Å². The van der Waals surface area contributed by atoms with Gasteiger partial charge in [0.1, 0.15) is 5.82 Å². The van der Waals surface area contributed by atoms with Crippen molar-refractivity contribution in [2.75, 3.05) is 7.05 Å². The highest BCUT2D eigenvalue weighted by molar-refractivity contribution is 5.85. The summed E-state index contributed by atoms with van der Waals surface area (Å²) in [5, 5.41) is 2.88. The van der Waals surface area contributed by atoms with Gasteiger partial charge in [-0.15, -0.1) is 12.4 Å². The Bertz CT molecular complexity index is 215. The van der Waals surface area contributed by atoms with Gasteiger partial charge in [-0.25, -0.2) is 4.39 Å². The van der Waals surface area contributed by atoms with Crippen LogP contribution in [0.4, 0.5) is 4.39 Å². The summed E-state index contributed by atoms with van der Waals surface area (Å²) in [5.74, 6) is -0.142. The van der Waals surface area contributed by atoms with Gasteiger partial charge in [0.2, 0.25) is 0 Å². The van der Waals surface area contributed by atoms with Crippen molar-refractivity contribution < 1.29 is 4.39 Å². The van der Waals surface area contributed by atoms with Crippen molar-refractivity contribution in [1.29, 1.82) is 0 Å². The van der Waals surface area contributed by atoms with Crippen LogP contribution in [-0.2, 0) is 6.54 Å². The number of halogens is 2. The minimum absolute atomic E-state index is 0. The molecule has 0 fully saturated rings. The Kier molecular flexibility index (Phi) is 4.83. The van der Waals surface area contributed by atoms with Gasteiger partial charge in [-0.3, -0.25) is 0 Å². The minimum atomic E-state index is -0.142. The van der Waals surface area contributed by atoms with E-state index in [1.807, 2.05) is 6.07 Å². The summed E-state index contributed by atoms with van der Waals surface area (Å²) in [6, 6.07) is 6.75. The van der Waals surface area contributed by atoms with Crippen molar-refractivity contribution in [1.82, 2.24) is 5.32 Å². The van der Waals surface area contributed by atoms with Crippen LogP contribution in [0.3, 0.4) is 0 Å². The highest BCUT2D eigenvalue weighted by Gasteiger charge is 1.95. The molecule has 0 aliphatic heterocycles. The Hall–Kier alpha value is -0.600. The normalized spacial score (nSPS) is 8.91. The second kappa shape index (κ2) is 5.10. The maximum atomic E-state index is 12.7. The Morgan fingerprint density at radius 2 is 2.00 bits per heavy atom. The van der Waals surface area contributed by atoms with Crippen LogP contribution in [-0.4, -0.2) is 7.05 Å². The van der Waals surface area contributed by atoms with Crippen molar-refractivity contribution in [3.8, 4) is 0 Å². The fraction of sp³-hybridized carbons (Fsp3) is 0.250. The van der Waals surface area contributed by atoms with Crippen LogP contribution in [0.5, 0.6) is 0 Å². The lowest BCUT2D eigenvalue weighted by atomic mass is 10.2. The zero-order valence-electron chi connectivity index (χ0n) is 6.30.